The zero-order valence-corrected chi connectivity index (χ0v) is 14.7. The van der Waals surface area contributed by atoms with Gasteiger partial charge in [0.25, 0.3) is 0 Å². The molecule has 0 spiro atoms. The average molecular weight is 397 g/mol. The Kier molecular flexibility index (Phi) is 5.75. The summed E-state index contributed by atoms with van der Waals surface area (Å²) in [5.41, 5.74) is -0.891. The predicted octanol–water partition coefficient (Wildman–Crippen LogP) is -0.253. The van der Waals surface area contributed by atoms with Gasteiger partial charge in [0.1, 0.15) is 12.2 Å². The van der Waals surface area contributed by atoms with Crippen LogP contribution in [0.1, 0.15) is 12.1 Å². The lowest BCUT2D eigenvalue weighted by molar-refractivity contribution is -0.146. The fourth-order valence-corrected chi connectivity index (χ4v) is 4.48. The van der Waals surface area contributed by atoms with Crippen LogP contribution in [-0.2, 0) is 6.18 Å². The number of anilines is 1. The van der Waals surface area contributed by atoms with E-state index in [4.69, 9.17) is 0 Å². The number of piperidine rings is 1. The number of nitrogens with zero attached hydrogens (tertiary/aromatic N) is 3. The second-order valence-corrected chi connectivity index (χ2v) is 7.70. The van der Waals surface area contributed by atoms with Crippen molar-refractivity contribution in [1.82, 2.24) is 9.88 Å². The van der Waals surface area contributed by atoms with Gasteiger partial charge in [-0.15, -0.1) is 11.3 Å². The smallest absolute Gasteiger partial charge is 0.395 e. The molecule has 1 aromatic rings. The van der Waals surface area contributed by atoms with Crippen LogP contribution in [0.4, 0.5) is 18.3 Å². The first-order valence-electron chi connectivity index (χ1n) is 8.37. The summed E-state index contributed by atoms with van der Waals surface area (Å²) in [7, 11) is 0. The van der Waals surface area contributed by atoms with Crippen molar-refractivity contribution in [2.75, 3.05) is 37.7 Å². The van der Waals surface area contributed by atoms with Gasteiger partial charge in [-0.05, 0) is 12.3 Å². The number of likely N-dealkylation sites (tertiary alicyclic amines) is 1. The van der Waals surface area contributed by atoms with Crippen molar-refractivity contribution in [1.29, 1.82) is 0 Å². The Morgan fingerprint density at radius 1 is 1.19 bits per heavy atom. The van der Waals surface area contributed by atoms with Crippen LogP contribution >= 0.6 is 11.3 Å². The number of rotatable bonds is 4. The lowest BCUT2D eigenvalue weighted by Crippen LogP contribution is -2.63. The molecule has 4 unspecified atom stereocenters. The number of hydrogen-bond donors (Lipinski definition) is 4. The molecule has 26 heavy (non-hydrogen) atoms. The van der Waals surface area contributed by atoms with Crippen LogP contribution in [0.3, 0.4) is 0 Å². The maximum atomic E-state index is 12.7. The van der Waals surface area contributed by atoms with Crippen molar-refractivity contribution >= 4 is 16.5 Å². The number of thiazole rings is 1. The van der Waals surface area contributed by atoms with Gasteiger partial charge >= 0.3 is 6.18 Å². The maximum absolute atomic E-state index is 12.7. The number of hydrogen-bond acceptors (Lipinski definition) is 8. The van der Waals surface area contributed by atoms with Crippen LogP contribution < -0.4 is 4.90 Å². The zero-order valence-electron chi connectivity index (χ0n) is 13.9. The molecule has 0 radical (unpaired) electrons. The Hall–Kier alpha value is -0.980. The number of halogens is 3. The van der Waals surface area contributed by atoms with Crippen LogP contribution in [0.5, 0.6) is 0 Å². The first kappa shape index (κ1) is 19.8. The molecule has 2 saturated heterocycles. The van der Waals surface area contributed by atoms with E-state index in [1.54, 1.807) is 9.80 Å². The summed E-state index contributed by atoms with van der Waals surface area (Å²) < 4.78 is 38.1. The molecule has 148 valence electrons. The van der Waals surface area contributed by atoms with Gasteiger partial charge in [0, 0.05) is 31.6 Å². The zero-order chi connectivity index (χ0) is 19.1. The van der Waals surface area contributed by atoms with Crippen molar-refractivity contribution in [2.24, 2.45) is 5.92 Å². The third-order valence-corrected chi connectivity index (χ3v) is 5.95. The van der Waals surface area contributed by atoms with E-state index in [9.17, 15) is 33.6 Å². The number of β-amino-alcohol motifs (C(OH)–C–C–N with tert-alkyl or cyclic N) is 1. The fourth-order valence-electron chi connectivity index (χ4n) is 3.62. The van der Waals surface area contributed by atoms with E-state index in [1.807, 2.05) is 0 Å². The molecule has 3 rings (SSSR count). The quantitative estimate of drug-likeness (QED) is 0.556. The van der Waals surface area contributed by atoms with Gasteiger partial charge in [0.15, 0.2) is 10.8 Å². The van der Waals surface area contributed by atoms with E-state index < -0.39 is 36.2 Å². The number of aromatic nitrogens is 1. The molecular formula is C15H22F3N3O4S. The van der Waals surface area contributed by atoms with Gasteiger partial charge < -0.3 is 25.3 Å². The molecule has 1 aromatic heterocycles. The minimum atomic E-state index is -4.46. The SMILES string of the molecule is OCC1C(O)C(O)C(O)CN1C[C@H]1CCN(c2nc(C(F)(F)F)cs2)C1. The molecule has 3 heterocycles. The Balaban J connectivity index is 1.61. The summed E-state index contributed by atoms with van der Waals surface area (Å²) in [5.74, 6) is 0.0944. The van der Waals surface area contributed by atoms with E-state index in [0.717, 1.165) is 23.1 Å². The third-order valence-electron chi connectivity index (χ3n) is 5.05. The summed E-state index contributed by atoms with van der Waals surface area (Å²) in [5, 5.41) is 40.4. The van der Waals surface area contributed by atoms with Crippen molar-refractivity contribution in [2.45, 2.75) is 37.0 Å². The highest BCUT2D eigenvalue weighted by molar-refractivity contribution is 7.13. The minimum absolute atomic E-state index is 0.0944. The highest BCUT2D eigenvalue weighted by Crippen LogP contribution is 2.35. The van der Waals surface area contributed by atoms with Crippen molar-refractivity contribution in [3.63, 3.8) is 0 Å². The molecule has 5 atom stereocenters. The lowest BCUT2D eigenvalue weighted by atomic mass is 9.93. The molecule has 2 aliphatic heterocycles. The maximum Gasteiger partial charge on any atom is 0.434 e. The second-order valence-electron chi connectivity index (χ2n) is 6.87. The third kappa shape index (κ3) is 3.97. The monoisotopic (exact) mass is 397 g/mol. The molecule has 0 saturated carbocycles. The standard InChI is InChI=1S/C15H22F3N3O4S/c16-15(17,18)11-7-26-14(19-11)20-2-1-8(3-20)4-21-5-10(23)13(25)12(24)9(21)6-22/h7-10,12-13,22-25H,1-6H2/t8-,9?,10?,12?,13?/m0/s1. The minimum Gasteiger partial charge on any atom is -0.395 e. The van der Waals surface area contributed by atoms with Gasteiger partial charge in [-0.1, -0.05) is 0 Å². The topological polar surface area (TPSA) is 100 Å². The van der Waals surface area contributed by atoms with Crippen molar-refractivity contribution < 1.29 is 33.6 Å². The average Bonchev–Trinajstić information content (AvgIpc) is 3.21. The summed E-state index contributed by atoms with van der Waals surface area (Å²) in [4.78, 5) is 7.19. The summed E-state index contributed by atoms with van der Waals surface area (Å²) in [6.45, 7) is 1.30. The van der Waals surface area contributed by atoms with Crippen molar-refractivity contribution in [3.8, 4) is 0 Å². The normalized spacial score (nSPS) is 33.8. The van der Waals surface area contributed by atoms with Gasteiger partial charge in [-0.3, -0.25) is 4.90 Å². The van der Waals surface area contributed by atoms with E-state index in [-0.39, 0.29) is 19.1 Å². The second kappa shape index (κ2) is 7.56. The van der Waals surface area contributed by atoms with Crippen LogP contribution in [0.2, 0.25) is 0 Å². The molecule has 0 bridgehead atoms. The molecule has 0 aromatic carbocycles. The molecule has 0 aliphatic carbocycles. The van der Waals surface area contributed by atoms with Crippen LogP contribution in [0, 0.1) is 5.92 Å². The largest absolute Gasteiger partial charge is 0.434 e. The number of alkyl halides is 3. The molecule has 2 aliphatic rings. The molecule has 11 heteroatoms. The number of aliphatic hydroxyl groups is 4. The first-order valence-corrected chi connectivity index (χ1v) is 9.25. The Bertz CT molecular complexity index is 617. The van der Waals surface area contributed by atoms with Gasteiger partial charge in [0.2, 0.25) is 0 Å². The molecule has 4 N–H and O–H groups in total. The van der Waals surface area contributed by atoms with Crippen LogP contribution in [0.25, 0.3) is 0 Å². The molecular weight excluding hydrogens is 375 g/mol. The number of aliphatic hydroxyl groups excluding tert-OH is 4. The lowest BCUT2D eigenvalue weighted by Gasteiger charge is -2.44. The molecule has 0 amide bonds. The van der Waals surface area contributed by atoms with Crippen molar-refractivity contribution in [3.05, 3.63) is 11.1 Å². The van der Waals surface area contributed by atoms with E-state index in [2.05, 4.69) is 4.98 Å². The van der Waals surface area contributed by atoms with E-state index >= 15 is 0 Å². The van der Waals surface area contributed by atoms with Gasteiger partial charge in [0.05, 0.1) is 18.8 Å². The highest BCUT2D eigenvalue weighted by atomic mass is 32.1. The summed E-state index contributed by atoms with van der Waals surface area (Å²) in [6, 6.07) is -0.681. The fraction of sp³-hybridized carbons (Fsp3) is 0.800. The predicted molar refractivity (Wildman–Crippen MR) is 87.9 cm³/mol. The van der Waals surface area contributed by atoms with E-state index in [1.165, 1.54) is 0 Å². The molecule has 7 nitrogen and oxygen atoms in total. The summed E-state index contributed by atoms with van der Waals surface area (Å²) >= 11 is 0.956. The van der Waals surface area contributed by atoms with Gasteiger partial charge in [-0.2, -0.15) is 13.2 Å². The Morgan fingerprint density at radius 2 is 1.92 bits per heavy atom. The van der Waals surface area contributed by atoms with E-state index in [0.29, 0.717) is 24.8 Å². The summed E-state index contributed by atoms with van der Waals surface area (Å²) in [6.07, 6.45) is -7.40. The van der Waals surface area contributed by atoms with Crippen LogP contribution in [-0.4, -0.2) is 87.4 Å². The Morgan fingerprint density at radius 3 is 2.54 bits per heavy atom. The van der Waals surface area contributed by atoms with Crippen LogP contribution in [0.15, 0.2) is 5.38 Å². The molecule has 2 fully saturated rings. The first-order chi connectivity index (χ1) is 12.2. The highest BCUT2D eigenvalue weighted by Gasteiger charge is 2.42. The van der Waals surface area contributed by atoms with Gasteiger partial charge in [-0.25, -0.2) is 4.98 Å². The Labute approximate surface area is 152 Å².